The van der Waals surface area contributed by atoms with Crippen molar-refractivity contribution in [3.05, 3.63) is 41.3 Å². The highest BCUT2D eigenvalue weighted by Crippen LogP contribution is 2.30. The maximum atomic E-state index is 6.32. The van der Waals surface area contributed by atoms with Crippen molar-refractivity contribution < 1.29 is 0 Å². The number of imidazole rings is 1. The summed E-state index contributed by atoms with van der Waals surface area (Å²) < 4.78 is 3.78. The van der Waals surface area contributed by atoms with Crippen LogP contribution in [0.15, 0.2) is 30.6 Å². The van der Waals surface area contributed by atoms with E-state index >= 15 is 0 Å². The molecular formula is C14H16ClN5. The van der Waals surface area contributed by atoms with Crippen molar-refractivity contribution in [2.24, 2.45) is 7.05 Å². The number of fused-ring (bicyclic) bond motifs is 1. The van der Waals surface area contributed by atoms with E-state index in [4.69, 9.17) is 11.6 Å². The lowest BCUT2D eigenvalue weighted by molar-refractivity contribution is 0.724. The molecule has 0 aliphatic rings. The smallest absolute Gasteiger partial charge is 0.157 e. The van der Waals surface area contributed by atoms with Gasteiger partial charge in [0, 0.05) is 31.5 Å². The van der Waals surface area contributed by atoms with Gasteiger partial charge in [0.25, 0.3) is 0 Å². The Morgan fingerprint density at radius 1 is 1.35 bits per heavy atom. The van der Waals surface area contributed by atoms with Crippen LogP contribution in [0.1, 0.15) is 12.5 Å². The molecule has 0 aliphatic heterocycles. The molecule has 0 bridgehead atoms. The van der Waals surface area contributed by atoms with Crippen LogP contribution < -0.4 is 5.32 Å². The summed E-state index contributed by atoms with van der Waals surface area (Å²) in [6.45, 7) is 3.75. The molecule has 3 aromatic rings. The topological polar surface area (TPSA) is 47.2 Å². The first-order valence-corrected chi connectivity index (χ1v) is 6.94. The number of aryl methyl sites for hydroxylation is 1. The van der Waals surface area contributed by atoms with E-state index < -0.39 is 0 Å². The summed E-state index contributed by atoms with van der Waals surface area (Å²) in [5, 5.41) is 8.35. The molecule has 104 valence electrons. The highest BCUT2D eigenvalue weighted by atomic mass is 35.5. The number of nitrogens with one attached hydrogen (secondary N) is 1. The van der Waals surface area contributed by atoms with Gasteiger partial charge in [0.1, 0.15) is 17.0 Å². The van der Waals surface area contributed by atoms with Crippen molar-refractivity contribution in [2.45, 2.75) is 13.5 Å². The van der Waals surface area contributed by atoms with Gasteiger partial charge in [0.2, 0.25) is 0 Å². The van der Waals surface area contributed by atoms with E-state index in [1.807, 2.05) is 42.0 Å². The average Bonchev–Trinajstić information content (AvgIpc) is 2.95. The lowest BCUT2D eigenvalue weighted by Gasteiger charge is -2.03. The molecule has 0 saturated carbocycles. The minimum Gasteiger partial charge on any atom is -0.313 e. The largest absolute Gasteiger partial charge is 0.313 e. The zero-order valence-electron chi connectivity index (χ0n) is 11.5. The van der Waals surface area contributed by atoms with E-state index in [2.05, 4.69) is 22.3 Å². The van der Waals surface area contributed by atoms with Gasteiger partial charge in [-0.15, -0.1) is 0 Å². The number of hydrogen-bond donors (Lipinski definition) is 1. The van der Waals surface area contributed by atoms with Gasteiger partial charge in [-0.2, -0.15) is 5.10 Å². The van der Waals surface area contributed by atoms with Gasteiger partial charge in [-0.05, 0) is 18.7 Å². The molecule has 3 heterocycles. The first kappa shape index (κ1) is 13.1. The normalized spacial score (nSPS) is 11.3. The second-order valence-electron chi connectivity index (χ2n) is 4.64. The second-order valence-corrected chi connectivity index (χ2v) is 5.00. The van der Waals surface area contributed by atoms with Gasteiger partial charge in [-0.1, -0.05) is 24.6 Å². The van der Waals surface area contributed by atoms with Crippen LogP contribution in [0.5, 0.6) is 0 Å². The van der Waals surface area contributed by atoms with Gasteiger partial charge in [-0.3, -0.25) is 9.08 Å². The Bertz CT molecular complexity index is 743. The molecule has 5 nitrogen and oxygen atoms in total. The molecule has 0 amide bonds. The molecule has 0 spiro atoms. The molecule has 0 atom stereocenters. The van der Waals surface area contributed by atoms with Crippen LogP contribution in [0.3, 0.4) is 0 Å². The van der Waals surface area contributed by atoms with Crippen LogP contribution in [0.4, 0.5) is 0 Å². The molecule has 0 unspecified atom stereocenters. The molecule has 3 rings (SSSR count). The van der Waals surface area contributed by atoms with Crippen LogP contribution in [0.25, 0.3) is 17.0 Å². The minimum absolute atomic E-state index is 0.479. The zero-order valence-corrected chi connectivity index (χ0v) is 12.2. The number of hydrogen-bond acceptors (Lipinski definition) is 3. The Kier molecular flexibility index (Phi) is 3.46. The number of nitrogens with zero attached hydrogens (tertiary/aromatic N) is 4. The summed E-state index contributed by atoms with van der Waals surface area (Å²) in [6, 6.07) is 5.84. The third kappa shape index (κ3) is 2.19. The lowest BCUT2D eigenvalue weighted by atomic mass is 10.2. The average molecular weight is 290 g/mol. The predicted molar refractivity (Wildman–Crippen MR) is 79.8 cm³/mol. The third-order valence-corrected chi connectivity index (χ3v) is 3.45. The molecule has 3 aromatic heterocycles. The van der Waals surface area contributed by atoms with Crippen LogP contribution in [-0.4, -0.2) is 25.7 Å². The summed E-state index contributed by atoms with van der Waals surface area (Å²) in [4.78, 5) is 4.38. The molecule has 1 N–H and O–H groups in total. The van der Waals surface area contributed by atoms with E-state index in [0.29, 0.717) is 5.15 Å². The maximum Gasteiger partial charge on any atom is 0.157 e. The number of halogens is 1. The number of aromatic nitrogens is 4. The van der Waals surface area contributed by atoms with Gasteiger partial charge < -0.3 is 5.32 Å². The van der Waals surface area contributed by atoms with Crippen LogP contribution in [0.2, 0.25) is 5.15 Å². The second kappa shape index (κ2) is 5.26. The summed E-state index contributed by atoms with van der Waals surface area (Å²) in [5.41, 5.74) is 3.65. The van der Waals surface area contributed by atoms with Crippen LogP contribution in [0, 0.1) is 0 Å². The maximum absolute atomic E-state index is 6.32. The highest BCUT2D eigenvalue weighted by Gasteiger charge is 2.18. The quantitative estimate of drug-likeness (QED) is 0.803. The Morgan fingerprint density at radius 3 is 3.00 bits per heavy atom. The Hall–Kier alpha value is -1.85. The summed E-state index contributed by atoms with van der Waals surface area (Å²) >= 11 is 6.32. The van der Waals surface area contributed by atoms with Crippen molar-refractivity contribution >= 4 is 17.2 Å². The van der Waals surface area contributed by atoms with Crippen molar-refractivity contribution in [3.63, 3.8) is 0 Å². The summed E-state index contributed by atoms with van der Waals surface area (Å²) in [5.74, 6) is 0. The van der Waals surface area contributed by atoms with Crippen LogP contribution >= 0.6 is 11.6 Å². The Morgan fingerprint density at radius 2 is 2.20 bits per heavy atom. The Balaban J connectivity index is 2.17. The van der Waals surface area contributed by atoms with Gasteiger partial charge in [-0.25, -0.2) is 4.98 Å². The molecule has 0 aromatic carbocycles. The molecule has 0 fully saturated rings. The molecule has 0 aliphatic carbocycles. The standard InChI is InChI=1S/C14H16ClN5/c1-3-16-8-10-9-19(2)18-12(10)13-14(15)17-11-6-4-5-7-20(11)13/h4-7,9,16H,3,8H2,1-2H3. The van der Waals surface area contributed by atoms with Crippen molar-refractivity contribution in [2.75, 3.05) is 6.54 Å². The molecular weight excluding hydrogens is 274 g/mol. The predicted octanol–water partition coefficient (Wildman–Crippen LogP) is 2.50. The molecule has 0 radical (unpaired) electrons. The summed E-state index contributed by atoms with van der Waals surface area (Å²) in [7, 11) is 1.91. The van der Waals surface area contributed by atoms with E-state index in [-0.39, 0.29) is 0 Å². The fraction of sp³-hybridized carbons (Fsp3) is 0.286. The number of rotatable bonds is 4. The monoisotopic (exact) mass is 289 g/mol. The van der Waals surface area contributed by atoms with Crippen LogP contribution in [-0.2, 0) is 13.6 Å². The fourth-order valence-corrected chi connectivity index (χ4v) is 2.57. The van der Waals surface area contributed by atoms with Crippen molar-refractivity contribution in [1.82, 2.24) is 24.5 Å². The van der Waals surface area contributed by atoms with Crippen molar-refractivity contribution in [1.29, 1.82) is 0 Å². The van der Waals surface area contributed by atoms with E-state index in [9.17, 15) is 0 Å². The van der Waals surface area contributed by atoms with Gasteiger partial charge in [0.15, 0.2) is 5.15 Å². The minimum atomic E-state index is 0.479. The molecule has 6 heteroatoms. The SMILES string of the molecule is CCNCc1cn(C)nc1-c1c(Cl)nc2ccccn12. The highest BCUT2D eigenvalue weighted by molar-refractivity contribution is 6.32. The lowest BCUT2D eigenvalue weighted by Crippen LogP contribution is -2.12. The van der Waals surface area contributed by atoms with Gasteiger partial charge >= 0.3 is 0 Å². The first-order chi connectivity index (χ1) is 9.70. The zero-order chi connectivity index (χ0) is 14.1. The molecule has 20 heavy (non-hydrogen) atoms. The number of pyridine rings is 1. The van der Waals surface area contributed by atoms with E-state index in [1.54, 1.807) is 4.68 Å². The van der Waals surface area contributed by atoms with E-state index in [0.717, 1.165) is 35.7 Å². The third-order valence-electron chi connectivity index (χ3n) is 3.18. The van der Waals surface area contributed by atoms with Crippen molar-refractivity contribution in [3.8, 4) is 11.4 Å². The Labute approximate surface area is 122 Å². The summed E-state index contributed by atoms with van der Waals surface area (Å²) in [6.07, 6.45) is 3.96. The molecule has 0 saturated heterocycles. The van der Waals surface area contributed by atoms with E-state index in [1.165, 1.54) is 0 Å². The van der Waals surface area contributed by atoms with Gasteiger partial charge in [0.05, 0.1) is 0 Å². The fourth-order valence-electron chi connectivity index (χ4n) is 2.30. The first-order valence-electron chi connectivity index (χ1n) is 6.57.